The normalized spacial score (nSPS) is 39.1. The van der Waals surface area contributed by atoms with E-state index in [9.17, 15) is 13.6 Å². The van der Waals surface area contributed by atoms with Crippen molar-refractivity contribution in [3.8, 4) is 0 Å². The summed E-state index contributed by atoms with van der Waals surface area (Å²) in [5.41, 5.74) is 0. The Labute approximate surface area is 55.9 Å². The number of halogens is 2. The minimum Gasteiger partial charge on any atom is -0.392 e. The van der Waals surface area contributed by atoms with Crippen LogP contribution in [0.25, 0.3) is 0 Å². The molecule has 0 N–H and O–H groups in total. The number of rotatable bonds is 1. The molecule has 0 spiro atoms. The summed E-state index contributed by atoms with van der Waals surface area (Å²) in [4.78, 5) is 10.1. The highest BCUT2D eigenvalue weighted by Crippen LogP contribution is 2.32. The highest BCUT2D eigenvalue weighted by atomic mass is 19.2. The third-order valence-electron chi connectivity index (χ3n) is 1.27. The predicted octanol–water partition coefficient (Wildman–Crippen LogP) is 1.52. The Morgan fingerprint density at radius 2 is 2.40 bits per heavy atom. The molecular formula is C5H6F2O3. The molecule has 0 radical (unpaired) electrons. The van der Waals surface area contributed by atoms with Crippen LogP contribution in [0.3, 0.4) is 0 Å². The van der Waals surface area contributed by atoms with Gasteiger partial charge in [-0.05, 0) is 0 Å². The summed E-state index contributed by atoms with van der Waals surface area (Å²) in [6.45, 7) is 1.36. The van der Waals surface area contributed by atoms with Gasteiger partial charge in [-0.3, -0.25) is 0 Å². The zero-order chi connectivity index (χ0) is 7.78. The van der Waals surface area contributed by atoms with Crippen LogP contribution >= 0.6 is 0 Å². The molecule has 1 rings (SSSR count). The Kier molecular flexibility index (Phi) is 1.50. The topological polar surface area (TPSA) is 35.5 Å². The number of carbonyl (C=O) groups excluding carboxylic acids is 1. The van der Waals surface area contributed by atoms with Crippen LogP contribution in [0.2, 0.25) is 0 Å². The van der Waals surface area contributed by atoms with Crippen molar-refractivity contribution < 1.29 is 23.0 Å². The van der Waals surface area contributed by atoms with Crippen LogP contribution in [-0.2, 0) is 9.47 Å². The zero-order valence-corrected chi connectivity index (χ0v) is 5.27. The van der Waals surface area contributed by atoms with E-state index in [1.54, 1.807) is 0 Å². The molecule has 58 valence electrons. The molecule has 1 heterocycles. The van der Waals surface area contributed by atoms with E-state index in [2.05, 4.69) is 9.47 Å². The summed E-state index contributed by atoms with van der Waals surface area (Å²) in [5, 5.41) is 0. The highest BCUT2D eigenvalue weighted by molar-refractivity contribution is 5.62. The monoisotopic (exact) mass is 152 g/mol. The molecule has 1 saturated heterocycles. The summed E-state index contributed by atoms with van der Waals surface area (Å²) in [6, 6.07) is 0. The summed E-state index contributed by atoms with van der Waals surface area (Å²) < 4.78 is 32.7. The number of ether oxygens (including phenoxy) is 2. The zero-order valence-electron chi connectivity index (χ0n) is 5.27. The first-order chi connectivity index (χ1) is 4.58. The van der Waals surface area contributed by atoms with Gasteiger partial charge in [0.1, 0.15) is 0 Å². The van der Waals surface area contributed by atoms with E-state index in [1.165, 1.54) is 6.92 Å². The molecule has 0 aliphatic carbocycles. The lowest BCUT2D eigenvalue weighted by atomic mass is 10.2. The van der Waals surface area contributed by atoms with Gasteiger partial charge < -0.3 is 9.47 Å². The number of alkyl halides is 2. The minimum absolute atomic E-state index is 0.250. The SMILES string of the molecule is CCC1(F)OC(=O)OC1F. The Morgan fingerprint density at radius 3 is 2.60 bits per heavy atom. The second-order valence-electron chi connectivity index (χ2n) is 1.93. The number of cyclic esters (lactones) is 2. The standard InChI is InChI=1S/C5H6F2O3/c1-2-5(7)3(6)9-4(8)10-5/h3H,2H2,1H3. The van der Waals surface area contributed by atoms with Gasteiger partial charge in [0.2, 0.25) is 0 Å². The largest absolute Gasteiger partial charge is 0.514 e. The van der Waals surface area contributed by atoms with Crippen molar-refractivity contribution in [2.24, 2.45) is 0 Å². The van der Waals surface area contributed by atoms with Crippen LogP contribution in [-0.4, -0.2) is 18.4 Å². The van der Waals surface area contributed by atoms with Gasteiger partial charge in [0, 0.05) is 6.42 Å². The predicted molar refractivity (Wildman–Crippen MR) is 26.6 cm³/mol. The van der Waals surface area contributed by atoms with E-state index in [-0.39, 0.29) is 6.42 Å². The average Bonchev–Trinajstić information content (AvgIpc) is 2.09. The van der Waals surface area contributed by atoms with E-state index < -0.39 is 18.4 Å². The fraction of sp³-hybridized carbons (Fsp3) is 0.800. The fourth-order valence-corrected chi connectivity index (χ4v) is 0.614. The van der Waals surface area contributed by atoms with Gasteiger partial charge in [-0.25, -0.2) is 4.79 Å². The van der Waals surface area contributed by atoms with Gasteiger partial charge >= 0.3 is 18.4 Å². The van der Waals surface area contributed by atoms with Crippen LogP contribution < -0.4 is 0 Å². The molecule has 1 aliphatic rings. The maximum atomic E-state index is 12.7. The fourth-order valence-electron chi connectivity index (χ4n) is 0.614. The van der Waals surface area contributed by atoms with Gasteiger partial charge in [-0.2, -0.15) is 8.78 Å². The second kappa shape index (κ2) is 2.07. The van der Waals surface area contributed by atoms with E-state index in [0.717, 1.165) is 0 Å². The molecule has 0 saturated carbocycles. The lowest BCUT2D eigenvalue weighted by molar-refractivity contribution is -0.139. The number of hydrogen-bond donors (Lipinski definition) is 0. The molecular weight excluding hydrogens is 146 g/mol. The molecule has 0 amide bonds. The van der Waals surface area contributed by atoms with Crippen molar-refractivity contribution in [3.63, 3.8) is 0 Å². The summed E-state index contributed by atoms with van der Waals surface area (Å²) >= 11 is 0. The van der Waals surface area contributed by atoms with Crippen molar-refractivity contribution >= 4 is 6.16 Å². The Morgan fingerprint density at radius 1 is 1.80 bits per heavy atom. The number of carbonyl (C=O) groups is 1. The Balaban J connectivity index is 2.70. The van der Waals surface area contributed by atoms with E-state index in [4.69, 9.17) is 0 Å². The molecule has 2 atom stereocenters. The van der Waals surface area contributed by atoms with Crippen LogP contribution in [0.15, 0.2) is 0 Å². The second-order valence-corrected chi connectivity index (χ2v) is 1.93. The summed E-state index contributed by atoms with van der Waals surface area (Å²) in [6.07, 6.45) is -3.83. The van der Waals surface area contributed by atoms with Gasteiger partial charge in [0.25, 0.3) is 0 Å². The maximum Gasteiger partial charge on any atom is 0.514 e. The van der Waals surface area contributed by atoms with Crippen LogP contribution in [0, 0.1) is 0 Å². The third kappa shape index (κ3) is 0.913. The molecule has 0 aromatic rings. The molecule has 5 heteroatoms. The third-order valence-corrected chi connectivity index (χ3v) is 1.27. The average molecular weight is 152 g/mol. The highest BCUT2D eigenvalue weighted by Gasteiger charge is 2.51. The number of hydrogen-bond acceptors (Lipinski definition) is 3. The minimum atomic E-state index is -2.57. The summed E-state index contributed by atoms with van der Waals surface area (Å²) in [7, 11) is 0. The van der Waals surface area contributed by atoms with Crippen LogP contribution in [0.1, 0.15) is 13.3 Å². The van der Waals surface area contributed by atoms with Gasteiger partial charge in [0.15, 0.2) is 0 Å². The van der Waals surface area contributed by atoms with E-state index in [0.29, 0.717) is 0 Å². The molecule has 2 unspecified atom stereocenters. The molecule has 10 heavy (non-hydrogen) atoms. The van der Waals surface area contributed by atoms with E-state index in [1.807, 2.05) is 0 Å². The van der Waals surface area contributed by atoms with Gasteiger partial charge in [0.05, 0.1) is 0 Å². The first kappa shape index (κ1) is 7.24. The molecule has 1 fully saturated rings. The quantitative estimate of drug-likeness (QED) is 0.534. The van der Waals surface area contributed by atoms with Crippen molar-refractivity contribution in [3.05, 3.63) is 0 Å². The molecule has 0 aromatic carbocycles. The van der Waals surface area contributed by atoms with Crippen LogP contribution in [0.5, 0.6) is 0 Å². The van der Waals surface area contributed by atoms with Crippen molar-refractivity contribution in [1.82, 2.24) is 0 Å². The lowest BCUT2D eigenvalue weighted by Crippen LogP contribution is -2.30. The maximum absolute atomic E-state index is 12.7. The molecule has 3 nitrogen and oxygen atoms in total. The Bertz CT molecular complexity index is 161. The van der Waals surface area contributed by atoms with Gasteiger partial charge in [-0.1, -0.05) is 6.92 Å². The van der Waals surface area contributed by atoms with Crippen LogP contribution in [0.4, 0.5) is 13.6 Å². The van der Waals surface area contributed by atoms with Crippen molar-refractivity contribution in [2.75, 3.05) is 0 Å². The van der Waals surface area contributed by atoms with E-state index >= 15 is 0 Å². The smallest absolute Gasteiger partial charge is 0.392 e. The first-order valence-corrected chi connectivity index (χ1v) is 2.81. The van der Waals surface area contributed by atoms with Gasteiger partial charge in [-0.15, -0.1) is 0 Å². The lowest BCUT2D eigenvalue weighted by Gasteiger charge is -2.13. The van der Waals surface area contributed by atoms with Crippen molar-refractivity contribution in [1.29, 1.82) is 0 Å². The first-order valence-electron chi connectivity index (χ1n) is 2.81. The Hall–Kier alpha value is -0.870. The molecule has 0 bridgehead atoms. The van der Waals surface area contributed by atoms with Crippen molar-refractivity contribution in [2.45, 2.75) is 25.6 Å². The summed E-state index contributed by atoms with van der Waals surface area (Å²) in [5.74, 6) is -2.57. The molecule has 0 aromatic heterocycles. The molecule has 1 aliphatic heterocycles.